The first-order chi connectivity index (χ1) is 10.9. The normalized spacial score (nSPS) is 11.4. The molecule has 0 unspecified atom stereocenters. The van der Waals surface area contributed by atoms with Crippen molar-refractivity contribution in [3.63, 3.8) is 0 Å². The molecule has 23 heavy (non-hydrogen) atoms. The molecule has 2 aromatic carbocycles. The van der Waals surface area contributed by atoms with Crippen LogP contribution in [0, 0.1) is 6.92 Å². The number of methoxy groups -OCH3 is 1. The first-order valence-corrected chi connectivity index (χ1v) is 9.80. The summed E-state index contributed by atoms with van der Waals surface area (Å²) in [6.45, 7) is 2.17. The van der Waals surface area contributed by atoms with E-state index in [2.05, 4.69) is 4.72 Å². The number of hydrogen-bond acceptors (Lipinski definition) is 4. The molecule has 0 saturated carbocycles. The SMILES string of the molecule is COc1ccc(C)cc1S(=O)(=O)NCCSc1ccc(Cl)cc1. The quantitative estimate of drug-likeness (QED) is 0.595. The lowest BCUT2D eigenvalue weighted by molar-refractivity contribution is 0.402. The summed E-state index contributed by atoms with van der Waals surface area (Å²) in [4.78, 5) is 1.21. The van der Waals surface area contributed by atoms with Crippen molar-refractivity contribution in [3.05, 3.63) is 53.1 Å². The van der Waals surface area contributed by atoms with Crippen LogP contribution >= 0.6 is 23.4 Å². The summed E-state index contributed by atoms with van der Waals surface area (Å²) in [5, 5.41) is 0.682. The molecule has 0 saturated heterocycles. The third-order valence-corrected chi connectivity index (χ3v) is 5.83. The molecule has 2 aromatic rings. The predicted octanol–water partition coefficient (Wildman–Crippen LogP) is 3.73. The Kier molecular flexibility index (Phi) is 6.35. The standard InChI is InChI=1S/C16H18ClNO3S2/c1-12-3-8-15(21-2)16(11-12)23(19,20)18-9-10-22-14-6-4-13(17)5-7-14/h3-8,11,18H,9-10H2,1-2H3. The maximum atomic E-state index is 12.4. The summed E-state index contributed by atoms with van der Waals surface area (Å²) in [5.41, 5.74) is 0.863. The van der Waals surface area contributed by atoms with E-state index in [0.29, 0.717) is 23.1 Å². The molecule has 2 rings (SSSR count). The van der Waals surface area contributed by atoms with Gasteiger partial charge in [-0.3, -0.25) is 0 Å². The topological polar surface area (TPSA) is 55.4 Å². The molecule has 0 fully saturated rings. The Bertz CT molecular complexity index is 761. The summed E-state index contributed by atoms with van der Waals surface area (Å²) >= 11 is 7.39. The lowest BCUT2D eigenvalue weighted by atomic mass is 10.2. The monoisotopic (exact) mass is 371 g/mol. The van der Waals surface area contributed by atoms with Crippen molar-refractivity contribution in [2.75, 3.05) is 19.4 Å². The number of nitrogens with one attached hydrogen (secondary N) is 1. The Hall–Kier alpha value is -1.21. The number of benzene rings is 2. The molecule has 7 heteroatoms. The third-order valence-electron chi connectivity index (χ3n) is 3.09. The second-order valence-electron chi connectivity index (χ2n) is 4.85. The van der Waals surface area contributed by atoms with E-state index < -0.39 is 10.0 Å². The number of sulfonamides is 1. The first-order valence-electron chi connectivity index (χ1n) is 6.95. The van der Waals surface area contributed by atoms with Crippen LogP contribution in [0.4, 0.5) is 0 Å². The molecule has 0 radical (unpaired) electrons. The lowest BCUT2D eigenvalue weighted by Crippen LogP contribution is -2.26. The minimum Gasteiger partial charge on any atom is -0.495 e. The number of hydrogen-bond donors (Lipinski definition) is 1. The highest BCUT2D eigenvalue weighted by Gasteiger charge is 2.19. The molecule has 0 atom stereocenters. The largest absolute Gasteiger partial charge is 0.495 e. The summed E-state index contributed by atoms with van der Waals surface area (Å²) in [6.07, 6.45) is 0. The number of rotatable bonds is 7. The van der Waals surface area contributed by atoms with E-state index in [1.54, 1.807) is 23.9 Å². The molecule has 0 aliphatic carbocycles. The lowest BCUT2D eigenvalue weighted by Gasteiger charge is -2.11. The van der Waals surface area contributed by atoms with Gasteiger partial charge in [0.1, 0.15) is 10.6 Å². The van der Waals surface area contributed by atoms with E-state index in [1.807, 2.05) is 37.3 Å². The van der Waals surface area contributed by atoms with Crippen LogP contribution in [0.25, 0.3) is 0 Å². The first kappa shape index (κ1) is 18.1. The summed E-state index contributed by atoms with van der Waals surface area (Å²) in [5.74, 6) is 0.961. The minimum atomic E-state index is -3.60. The van der Waals surface area contributed by atoms with Crippen molar-refractivity contribution >= 4 is 33.4 Å². The molecule has 1 N–H and O–H groups in total. The van der Waals surface area contributed by atoms with Crippen molar-refractivity contribution in [1.29, 1.82) is 0 Å². The molecule has 0 aliphatic heterocycles. The number of ether oxygens (including phenoxy) is 1. The van der Waals surface area contributed by atoms with Crippen molar-refractivity contribution in [2.45, 2.75) is 16.7 Å². The van der Waals surface area contributed by atoms with Crippen molar-refractivity contribution in [3.8, 4) is 5.75 Å². The maximum absolute atomic E-state index is 12.4. The Balaban J connectivity index is 1.96. The zero-order chi connectivity index (χ0) is 16.9. The van der Waals surface area contributed by atoms with E-state index >= 15 is 0 Å². The number of aryl methyl sites for hydroxylation is 1. The van der Waals surface area contributed by atoms with Gasteiger partial charge in [-0.25, -0.2) is 13.1 Å². The van der Waals surface area contributed by atoms with E-state index in [9.17, 15) is 8.42 Å². The average Bonchev–Trinajstić information content (AvgIpc) is 2.53. The van der Waals surface area contributed by atoms with Gasteiger partial charge in [0.15, 0.2) is 0 Å². The summed E-state index contributed by atoms with van der Waals surface area (Å²) < 4.78 is 32.5. The smallest absolute Gasteiger partial charge is 0.244 e. The number of halogens is 1. The summed E-state index contributed by atoms with van der Waals surface area (Å²) in [7, 11) is -2.14. The highest BCUT2D eigenvalue weighted by atomic mass is 35.5. The van der Waals surface area contributed by atoms with E-state index in [0.717, 1.165) is 10.5 Å². The van der Waals surface area contributed by atoms with Crippen LogP contribution in [-0.2, 0) is 10.0 Å². The average molecular weight is 372 g/mol. The molecule has 0 amide bonds. The Morgan fingerprint density at radius 1 is 1.17 bits per heavy atom. The summed E-state index contributed by atoms with van der Waals surface area (Å²) in [6, 6.07) is 12.5. The number of thioether (sulfide) groups is 1. The molecule has 0 heterocycles. The van der Waals surface area contributed by atoms with Crippen LogP contribution < -0.4 is 9.46 Å². The second-order valence-corrected chi connectivity index (χ2v) is 8.19. The Labute approximate surface area is 146 Å². The molecule has 0 aromatic heterocycles. The second kappa shape index (κ2) is 8.06. The van der Waals surface area contributed by atoms with Crippen LogP contribution in [-0.4, -0.2) is 27.8 Å². The molecule has 4 nitrogen and oxygen atoms in total. The van der Waals surface area contributed by atoms with Crippen LogP contribution in [0.2, 0.25) is 5.02 Å². The molecule has 124 valence electrons. The van der Waals surface area contributed by atoms with Crippen molar-refractivity contribution in [2.24, 2.45) is 0 Å². The van der Waals surface area contributed by atoms with E-state index in [1.165, 1.54) is 7.11 Å². The highest BCUT2D eigenvalue weighted by Crippen LogP contribution is 2.25. The molecule has 0 spiro atoms. The fraction of sp³-hybridized carbons (Fsp3) is 0.250. The molecular formula is C16H18ClNO3S2. The van der Waals surface area contributed by atoms with Crippen molar-refractivity contribution < 1.29 is 13.2 Å². The maximum Gasteiger partial charge on any atom is 0.244 e. The fourth-order valence-electron chi connectivity index (χ4n) is 1.95. The molecule has 0 bridgehead atoms. The molecular weight excluding hydrogens is 354 g/mol. The van der Waals surface area contributed by atoms with Crippen LogP contribution in [0.15, 0.2) is 52.3 Å². The van der Waals surface area contributed by atoms with Gasteiger partial charge in [-0.1, -0.05) is 17.7 Å². The van der Waals surface area contributed by atoms with Crippen LogP contribution in [0.5, 0.6) is 5.75 Å². The van der Waals surface area contributed by atoms with Gasteiger partial charge >= 0.3 is 0 Å². The van der Waals surface area contributed by atoms with Crippen molar-refractivity contribution in [1.82, 2.24) is 4.72 Å². The van der Waals surface area contributed by atoms with Gasteiger partial charge in [-0.15, -0.1) is 11.8 Å². The van der Waals surface area contributed by atoms with E-state index in [-0.39, 0.29) is 4.90 Å². The molecule has 0 aliphatic rings. The fourth-order valence-corrected chi connectivity index (χ4v) is 4.25. The van der Waals surface area contributed by atoms with Gasteiger partial charge in [0.2, 0.25) is 10.0 Å². The van der Waals surface area contributed by atoms with Gasteiger partial charge < -0.3 is 4.74 Å². The van der Waals surface area contributed by atoms with Gasteiger partial charge in [0.05, 0.1) is 7.11 Å². The van der Waals surface area contributed by atoms with Gasteiger partial charge in [-0.05, 0) is 48.9 Å². The van der Waals surface area contributed by atoms with Gasteiger partial charge in [0, 0.05) is 22.2 Å². The van der Waals surface area contributed by atoms with Crippen LogP contribution in [0.1, 0.15) is 5.56 Å². The zero-order valence-electron chi connectivity index (χ0n) is 12.9. The van der Waals surface area contributed by atoms with Gasteiger partial charge in [-0.2, -0.15) is 0 Å². The third kappa shape index (κ3) is 5.14. The van der Waals surface area contributed by atoms with Crippen LogP contribution in [0.3, 0.4) is 0 Å². The highest BCUT2D eigenvalue weighted by molar-refractivity contribution is 7.99. The minimum absolute atomic E-state index is 0.163. The van der Waals surface area contributed by atoms with Gasteiger partial charge in [0.25, 0.3) is 0 Å². The predicted molar refractivity (Wildman–Crippen MR) is 95.1 cm³/mol. The zero-order valence-corrected chi connectivity index (χ0v) is 15.3. The van der Waals surface area contributed by atoms with E-state index in [4.69, 9.17) is 16.3 Å². The Morgan fingerprint density at radius 2 is 1.87 bits per heavy atom. The Morgan fingerprint density at radius 3 is 2.52 bits per heavy atom.